The molecule has 0 N–H and O–H groups in total. The Morgan fingerprint density at radius 3 is 2.07 bits per heavy atom. The van der Waals surface area contributed by atoms with Gasteiger partial charge >= 0.3 is 0 Å². The summed E-state index contributed by atoms with van der Waals surface area (Å²) in [4.78, 5) is 10.9. The molecule has 2 fully saturated rings. The third kappa shape index (κ3) is 1.70. The molecule has 4 nitrogen and oxygen atoms in total. The van der Waals surface area contributed by atoms with E-state index in [4.69, 9.17) is 0 Å². The van der Waals surface area contributed by atoms with E-state index in [-0.39, 0.29) is 5.41 Å². The molecule has 14 heavy (non-hydrogen) atoms. The quantitative estimate of drug-likeness (QED) is 0.638. The number of hydrogen-bond acceptors (Lipinski definition) is 3. The fourth-order valence-electron chi connectivity index (χ4n) is 2.43. The fraction of sp³-hybridized carbons (Fsp3) is 0.889. The number of nitrogens with zero attached hydrogens (tertiary/aromatic N) is 1. The van der Waals surface area contributed by atoms with Crippen molar-refractivity contribution >= 4 is 15.8 Å². The highest BCUT2D eigenvalue weighted by Gasteiger charge is 2.46. The highest BCUT2D eigenvalue weighted by atomic mass is 32.2. The Hall–Kier alpha value is -0.420. The van der Waals surface area contributed by atoms with E-state index in [1.54, 1.807) is 0 Å². The first-order chi connectivity index (χ1) is 6.41. The molecule has 1 saturated carbocycles. The molecule has 0 aromatic carbocycles. The standard InChI is InChI=1S/C9H15NO3S/c1-14(12,13)10-4-2-9(3-5-10)6-8(11)7-9/h2-7H2,1H3. The molecular formula is C9H15NO3S. The lowest BCUT2D eigenvalue weighted by Crippen LogP contribution is -2.48. The van der Waals surface area contributed by atoms with Gasteiger partial charge in [0, 0.05) is 25.9 Å². The highest BCUT2D eigenvalue weighted by molar-refractivity contribution is 7.88. The molecule has 5 heteroatoms. The maximum atomic E-state index is 11.2. The molecule has 0 unspecified atom stereocenters. The van der Waals surface area contributed by atoms with Gasteiger partial charge in [0.15, 0.2) is 0 Å². The lowest BCUT2D eigenvalue weighted by Gasteiger charge is -2.46. The van der Waals surface area contributed by atoms with Crippen molar-refractivity contribution in [3.8, 4) is 0 Å². The summed E-state index contributed by atoms with van der Waals surface area (Å²) in [5, 5.41) is 0. The van der Waals surface area contributed by atoms with E-state index in [2.05, 4.69) is 0 Å². The predicted molar refractivity (Wildman–Crippen MR) is 52.3 cm³/mol. The molecule has 0 aromatic heterocycles. The number of piperidine rings is 1. The average Bonchev–Trinajstić information content (AvgIpc) is 2.01. The largest absolute Gasteiger partial charge is 0.300 e. The zero-order valence-electron chi connectivity index (χ0n) is 8.32. The average molecular weight is 217 g/mol. The van der Waals surface area contributed by atoms with E-state index in [0.717, 1.165) is 12.8 Å². The minimum absolute atomic E-state index is 0.165. The maximum Gasteiger partial charge on any atom is 0.211 e. The molecule has 1 spiro atoms. The van der Waals surface area contributed by atoms with Crippen molar-refractivity contribution in [2.45, 2.75) is 25.7 Å². The van der Waals surface area contributed by atoms with Crippen molar-refractivity contribution in [2.75, 3.05) is 19.3 Å². The van der Waals surface area contributed by atoms with Crippen LogP contribution in [0.3, 0.4) is 0 Å². The molecule has 0 bridgehead atoms. The monoisotopic (exact) mass is 217 g/mol. The van der Waals surface area contributed by atoms with Crippen LogP contribution in [0.5, 0.6) is 0 Å². The molecular weight excluding hydrogens is 202 g/mol. The van der Waals surface area contributed by atoms with Crippen LogP contribution in [0.2, 0.25) is 0 Å². The number of sulfonamides is 1. The summed E-state index contributed by atoms with van der Waals surface area (Å²) in [5.41, 5.74) is 0.165. The first-order valence-corrected chi connectivity index (χ1v) is 6.73. The Balaban J connectivity index is 1.96. The Morgan fingerprint density at radius 1 is 1.21 bits per heavy atom. The summed E-state index contributed by atoms with van der Waals surface area (Å²) in [6.45, 7) is 1.18. The van der Waals surface area contributed by atoms with Gasteiger partial charge in [0.2, 0.25) is 10.0 Å². The second-order valence-electron chi connectivity index (χ2n) is 4.55. The minimum Gasteiger partial charge on any atom is -0.300 e. The SMILES string of the molecule is CS(=O)(=O)N1CCC2(CC1)CC(=O)C2. The van der Waals surface area contributed by atoms with Gasteiger partial charge in [-0.15, -0.1) is 0 Å². The van der Waals surface area contributed by atoms with Crippen molar-refractivity contribution in [2.24, 2.45) is 5.41 Å². The molecule has 0 amide bonds. The maximum absolute atomic E-state index is 11.2. The Labute approximate surface area is 84.3 Å². The zero-order valence-corrected chi connectivity index (χ0v) is 9.14. The number of Topliss-reactive ketones (excluding diaryl/α,β-unsaturated/α-hetero) is 1. The molecule has 2 rings (SSSR count). The molecule has 1 aliphatic carbocycles. The van der Waals surface area contributed by atoms with Gasteiger partial charge in [-0.05, 0) is 18.3 Å². The van der Waals surface area contributed by atoms with Gasteiger partial charge in [0.1, 0.15) is 5.78 Å². The van der Waals surface area contributed by atoms with Gasteiger partial charge in [0.25, 0.3) is 0 Å². The van der Waals surface area contributed by atoms with E-state index in [1.165, 1.54) is 10.6 Å². The Kier molecular flexibility index (Phi) is 2.19. The highest BCUT2D eigenvalue weighted by Crippen LogP contribution is 2.46. The fourth-order valence-corrected chi connectivity index (χ4v) is 3.28. The van der Waals surface area contributed by atoms with Crippen LogP contribution in [0.1, 0.15) is 25.7 Å². The number of rotatable bonds is 1. The molecule has 2 aliphatic rings. The third-order valence-electron chi connectivity index (χ3n) is 3.40. The van der Waals surface area contributed by atoms with E-state index in [1.807, 2.05) is 0 Å². The van der Waals surface area contributed by atoms with Crippen molar-refractivity contribution in [1.82, 2.24) is 4.31 Å². The molecule has 80 valence electrons. The molecule has 0 radical (unpaired) electrons. The van der Waals surface area contributed by atoms with Crippen LogP contribution in [-0.2, 0) is 14.8 Å². The second-order valence-corrected chi connectivity index (χ2v) is 6.54. The van der Waals surface area contributed by atoms with E-state index in [0.29, 0.717) is 31.7 Å². The van der Waals surface area contributed by atoms with Crippen molar-refractivity contribution in [3.63, 3.8) is 0 Å². The predicted octanol–water partition coefficient (Wildman–Crippen LogP) is 0.391. The molecule has 1 heterocycles. The Bertz CT molecular complexity index is 342. The summed E-state index contributed by atoms with van der Waals surface area (Å²) in [6.07, 6.45) is 4.30. The summed E-state index contributed by atoms with van der Waals surface area (Å²) in [6, 6.07) is 0. The van der Waals surface area contributed by atoms with Gasteiger partial charge in [-0.2, -0.15) is 0 Å². The summed E-state index contributed by atoms with van der Waals surface area (Å²) >= 11 is 0. The zero-order chi connectivity index (χ0) is 10.4. The summed E-state index contributed by atoms with van der Waals surface area (Å²) < 4.78 is 24.0. The van der Waals surface area contributed by atoms with Crippen LogP contribution in [0.4, 0.5) is 0 Å². The van der Waals surface area contributed by atoms with Crippen LogP contribution in [-0.4, -0.2) is 37.9 Å². The van der Waals surface area contributed by atoms with Crippen LogP contribution in [0.25, 0.3) is 0 Å². The number of carbonyl (C=O) groups excluding carboxylic acids is 1. The van der Waals surface area contributed by atoms with E-state index >= 15 is 0 Å². The van der Waals surface area contributed by atoms with E-state index in [9.17, 15) is 13.2 Å². The van der Waals surface area contributed by atoms with Crippen LogP contribution in [0.15, 0.2) is 0 Å². The van der Waals surface area contributed by atoms with Crippen LogP contribution >= 0.6 is 0 Å². The lowest BCUT2D eigenvalue weighted by atomic mass is 9.63. The van der Waals surface area contributed by atoms with Crippen molar-refractivity contribution in [3.05, 3.63) is 0 Å². The first kappa shape index (κ1) is 10.1. The molecule has 0 atom stereocenters. The summed E-state index contributed by atoms with van der Waals surface area (Å²) in [5.74, 6) is 0.331. The van der Waals surface area contributed by atoms with Gasteiger partial charge in [-0.1, -0.05) is 0 Å². The van der Waals surface area contributed by atoms with Crippen LogP contribution < -0.4 is 0 Å². The van der Waals surface area contributed by atoms with Gasteiger partial charge in [0.05, 0.1) is 6.26 Å². The first-order valence-electron chi connectivity index (χ1n) is 4.88. The van der Waals surface area contributed by atoms with E-state index < -0.39 is 10.0 Å². The number of ketones is 1. The molecule has 0 aromatic rings. The van der Waals surface area contributed by atoms with Crippen molar-refractivity contribution in [1.29, 1.82) is 0 Å². The lowest BCUT2D eigenvalue weighted by molar-refractivity contribution is -0.134. The molecule has 1 saturated heterocycles. The van der Waals surface area contributed by atoms with Gasteiger partial charge < -0.3 is 0 Å². The summed E-state index contributed by atoms with van der Waals surface area (Å²) in [7, 11) is -3.03. The number of hydrogen-bond donors (Lipinski definition) is 0. The number of carbonyl (C=O) groups is 1. The van der Waals surface area contributed by atoms with Crippen LogP contribution in [0, 0.1) is 5.41 Å². The van der Waals surface area contributed by atoms with Gasteiger partial charge in [-0.25, -0.2) is 12.7 Å². The molecule has 1 aliphatic heterocycles. The smallest absolute Gasteiger partial charge is 0.211 e. The Morgan fingerprint density at radius 2 is 1.71 bits per heavy atom. The van der Waals surface area contributed by atoms with Crippen molar-refractivity contribution < 1.29 is 13.2 Å². The normalized spacial score (nSPS) is 27.6. The topological polar surface area (TPSA) is 54.5 Å². The third-order valence-corrected chi connectivity index (χ3v) is 4.70. The minimum atomic E-state index is -3.03. The van der Waals surface area contributed by atoms with Gasteiger partial charge in [-0.3, -0.25) is 4.79 Å². The second kappa shape index (κ2) is 3.03.